The second-order valence-electron chi connectivity index (χ2n) is 15.1. The molecule has 21 nitrogen and oxygen atoms in total. The number of primary amides is 1. The van der Waals surface area contributed by atoms with Crippen LogP contribution in [0.4, 0.5) is 19.1 Å². The fourth-order valence-electron chi connectivity index (χ4n) is 7.08. The van der Waals surface area contributed by atoms with E-state index in [-0.39, 0.29) is 30.2 Å². The zero-order chi connectivity index (χ0) is 49.3. The molecule has 3 amide bonds. The Hall–Kier alpha value is -7.25. The van der Waals surface area contributed by atoms with E-state index in [0.29, 0.717) is 87.6 Å². The molecule has 0 radical (unpaired) electrons. The maximum atomic E-state index is 13.8. The van der Waals surface area contributed by atoms with Crippen LogP contribution in [0.3, 0.4) is 0 Å². The zero-order valence-electron chi connectivity index (χ0n) is 37.7. The molecule has 0 bridgehead atoms. The number of aliphatic carboxylic acids is 1. The number of nitrogens with two attached hydrogens (primary N) is 1. The second kappa shape index (κ2) is 22.0. The third-order valence-electron chi connectivity index (χ3n) is 10.3. The minimum absolute atomic E-state index is 0.196. The van der Waals surface area contributed by atoms with Crippen LogP contribution in [0.1, 0.15) is 73.3 Å². The monoisotopic (exact) mass is 966 g/mol. The molecule has 1 saturated heterocycles. The lowest BCUT2D eigenvalue weighted by Gasteiger charge is -2.26. The van der Waals surface area contributed by atoms with E-state index in [0.717, 1.165) is 26.1 Å². The second-order valence-corrected chi connectivity index (χ2v) is 16.1. The van der Waals surface area contributed by atoms with Crippen molar-refractivity contribution in [1.29, 1.82) is 0 Å². The number of nitrogens with one attached hydrogen (secondary N) is 1. The number of pyridine rings is 1. The van der Waals surface area contributed by atoms with Gasteiger partial charge in [-0.1, -0.05) is 23.5 Å². The molecule has 0 atom stereocenters. The van der Waals surface area contributed by atoms with Crippen LogP contribution in [0.15, 0.2) is 53.7 Å². The number of ether oxygens (including phenoxy) is 3. The van der Waals surface area contributed by atoms with Gasteiger partial charge in [0.05, 0.1) is 54.1 Å². The average Bonchev–Trinajstić information content (AvgIpc) is 4.08. The smallest absolute Gasteiger partial charge is 0.490 e. The first-order valence-electron chi connectivity index (χ1n) is 21.2. The molecular weight excluding hydrogens is 918 g/mol. The van der Waals surface area contributed by atoms with E-state index < -0.39 is 35.8 Å². The number of carboxylic acids is 1. The molecule has 4 N–H and O–H groups in total. The number of hydrogen-bond acceptors (Lipinski definition) is 14. The van der Waals surface area contributed by atoms with Crippen LogP contribution < -0.4 is 20.6 Å². The summed E-state index contributed by atoms with van der Waals surface area (Å²) in [4.78, 5) is 77.7. The summed E-state index contributed by atoms with van der Waals surface area (Å²) in [7, 11) is 1.30. The number of fused-ring (bicyclic) bond motifs is 2. The van der Waals surface area contributed by atoms with Gasteiger partial charge < -0.3 is 29.6 Å². The highest BCUT2D eigenvalue weighted by atomic mass is 32.1. The van der Waals surface area contributed by atoms with Gasteiger partial charge in [-0.05, 0) is 64.4 Å². The minimum Gasteiger partial charge on any atom is -0.491 e. The fourth-order valence-corrected chi connectivity index (χ4v) is 8.12. The highest BCUT2D eigenvalue weighted by Crippen LogP contribution is 2.32. The van der Waals surface area contributed by atoms with Gasteiger partial charge in [-0.15, -0.1) is 0 Å². The molecule has 5 aromatic heterocycles. The van der Waals surface area contributed by atoms with Gasteiger partial charge in [0.25, 0.3) is 11.8 Å². The van der Waals surface area contributed by atoms with Crippen molar-refractivity contribution in [3.63, 3.8) is 0 Å². The van der Waals surface area contributed by atoms with Crippen LogP contribution in [0.25, 0.3) is 21.4 Å². The van der Waals surface area contributed by atoms with Crippen LogP contribution in [0, 0.1) is 13.8 Å². The molecular formula is C43H49F3N12O9S. The third-order valence-corrected chi connectivity index (χ3v) is 11.3. The number of imidazole rings is 1. The number of morpholine rings is 1. The summed E-state index contributed by atoms with van der Waals surface area (Å²) in [6.07, 6.45) is 0.808. The van der Waals surface area contributed by atoms with Crippen molar-refractivity contribution in [3.05, 3.63) is 87.4 Å². The van der Waals surface area contributed by atoms with Gasteiger partial charge in [-0.3, -0.25) is 38.5 Å². The van der Waals surface area contributed by atoms with Crippen molar-refractivity contribution in [2.75, 3.05) is 51.9 Å². The SMILES string of the molecule is CCn1nc(C)cc1C(=O)N=c1sc2cc(C(=O)OC)cnc2n1C/C=C/Cn1c(NC(=O)c2cc(C)nn2CC)nc2cc(C(N)=O)cc(OCCCN3CCOCC3)c21.O=C(O)C(F)(F)F. The van der Waals surface area contributed by atoms with E-state index in [9.17, 15) is 32.3 Å². The summed E-state index contributed by atoms with van der Waals surface area (Å²) in [6.45, 7) is 13.0. The number of alkyl halides is 3. The Morgan fingerprint density at radius 1 is 0.941 bits per heavy atom. The molecule has 0 unspecified atom stereocenters. The molecule has 1 aliphatic rings. The highest BCUT2D eigenvalue weighted by molar-refractivity contribution is 7.16. The summed E-state index contributed by atoms with van der Waals surface area (Å²) < 4.78 is 55.9. The van der Waals surface area contributed by atoms with Crippen molar-refractivity contribution < 1.29 is 56.5 Å². The van der Waals surface area contributed by atoms with Crippen LogP contribution >= 0.6 is 11.3 Å². The number of carbonyl (C=O) groups is 5. The summed E-state index contributed by atoms with van der Waals surface area (Å²) in [5, 5.41) is 18.9. The first-order chi connectivity index (χ1) is 32.4. The molecule has 1 aromatic carbocycles. The largest absolute Gasteiger partial charge is 0.491 e. The Labute approximate surface area is 389 Å². The van der Waals surface area contributed by atoms with Crippen LogP contribution in [0.2, 0.25) is 0 Å². The number of esters is 1. The van der Waals surface area contributed by atoms with E-state index in [2.05, 4.69) is 30.4 Å². The van der Waals surface area contributed by atoms with Gasteiger partial charge in [-0.2, -0.15) is 28.4 Å². The van der Waals surface area contributed by atoms with E-state index in [4.69, 9.17) is 34.8 Å². The maximum absolute atomic E-state index is 13.8. The lowest BCUT2D eigenvalue weighted by Crippen LogP contribution is -2.37. The van der Waals surface area contributed by atoms with Crippen molar-refractivity contribution >= 4 is 68.3 Å². The van der Waals surface area contributed by atoms with E-state index in [1.807, 2.05) is 39.8 Å². The average molecular weight is 967 g/mol. The van der Waals surface area contributed by atoms with Crippen molar-refractivity contribution in [1.82, 2.24) is 43.6 Å². The van der Waals surface area contributed by atoms with Crippen molar-refractivity contribution in [2.45, 2.75) is 66.5 Å². The summed E-state index contributed by atoms with van der Waals surface area (Å²) in [5.74, 6) is -4.25. The number of aryl methyl sites for hydroxylation is 4. The summed E-state index contributed by atoms with van der Waals surface area (Å²) >= 11 is 1.21. The van der Waals surface area contributed by atoms with Gasteiger partial charge >= 0.3 is 18.1 Å². The highest BCUT2D eigenvalue weighted by Gasteiger charge is 2.38. The van der Waals surface area contributed by atoms with Gasteiger partial charge in [0.15, 0.2) is 10.4 Å². The van der Waals surface area contributed by atoms with E-state index in [1.54, 1.807) is 48.8 Å². The molecule has 1 aliphatic heterocycles. The number of nitrogens with zero attached hydrogens (tertiary/aromatic N) is 10. The Morgan fingerprint density at radius 3 is 2.19 bits per heavy atom. The molecule has 6 heterocycles. The van der Waals surface area contributed by atoms with E-state index in [1.165, 1.54) is 24.6 Å². The van der Waals surface area contributed by atoms with E-state index >= 15 is 0 Å². The minimum atomic E-state index is -5.08. The van der Waals surface area contributed by atoms with Gasteiger partial charge in [-0.25, -0.2) is 19.6 Å². The maximum Gasteiger partial charge on any atom is 0.490 e. The standard InChI is InChI=1S/C41H48N12O7S.C2HF3O2/c1-6-52-30(19-25(3)47-52)37(55)45-40-44-29-21-27(35(42)54)22-32(60-16-10-11-49-14-17-59-18-15-49)34(29)50(40)12-8-9-13-51-36-33(23-28(24-43-36)39(57)58-5)61-41(51)46-38(56)31-20-26(4)48-53(31)7-2;3-2(4,5)1(6)7/h8-9,19-24H,6-7,10-18H2,1-5H3,(H2,42,54)(H,44,45,55);(H,6,7)/b9-8+,46-41?;. The fraction of sp³-hybridized carbons (Fsp3) is 0.395. The number of rotatable bonds is 16. The third kappa shape index (κ3) is 12.0. The lowest BCUT2D eigenvalue weighted by atomic mass is 10.1. The number of carbonyl (C=O) groups excluding carboxylic acids is 4. The molecule has 7 rings (SSSR count). The number of amides is 3. The topological polar surface area (TPSA) is 258 Å². The number of halogens is 3. The zero-order valence-corrected chi connectivity index (χ0v) is 38.5. The number of aromatic nitrogens is 8. The number of anilines is 1. The number of thiazole rings is 1. The Morgan fingerprint density at radius 2 is 1.57 bits per heavy atom. The number of benzene rings is 1. The van der Waals surface area contributed by atoms with Gasteiger partial charge in [0.2, 0.25) is 11.9 Å². The predicted octanol–water partition coefficient (Wildman–Crippen LogP) is 4.37. The Kier molecular flexibility index (Phi) is 16.3. The van der Waals surface area contributed by atoms with Gasteiger partial charge in [0.1, 0.15) is 22.7 Å². The number of allylic oxidation sites excluding steroid dienone is 2. The van der Waals surface area contributed by atoms with Crippen molar-refractivity contribution in [3.8, 4) is 5.75 Å². The molecule has 0 saturated carbocycles. The van der Waals surface area contributed by atoms with Crippen molar-refractivity contribution in [2.24, 2.45) is 10.7 Å². The molecule has 25 heteroatoms. The Bertz CT molecular complexity index is 2940. The normalized spacial score (nSPS) is 13.5. The first-order valence-corrected chi connectivity index (χ1v) is 22.0. The summed E-state index contributed by atoms with van der Waals surface area (Å²) in [6, 6.07) is 8.23. The van der Waals surface area contributed by atoms with Gasteiger partial charge in [0, 0.05) is 57.6 Å². The molecule has 1 fully saturated rings. The van der Waals surface area contributed by atoms with Crippen LogP contribution in [0.5, 0.6) is 5.75 Å². The summed E-state index contributed by atoms with van der Waals surface area (Å²) in [5.41, 5.74) is 9.77. The predicted molar refractivity (Wildman–Crippen MR) is 241 cm³/mol. The molecule has 362 valence electrons. The molecule has 6 aromatic rings. The quantitative estimate of drug-likeness (QED) is 0.0692. The lowest BCUT2D eigenvalue weighted by molar-refractivity contribution is -0.192. The van der Waals surface area contributed by atoms with Crippen LogP contribution in [-0.4, -0.2) is 131 Å². The first kappa shape index (κ1) is 50.2. The van der Waals surface area contributed by atoms with Crippen LogP contribution in [-0.2, 0) is 40.4 Å². The molecule has 0 spiro atoms. The number of carboxylic acid groups (broad SMARTS) is 1. The number of hydrogen-bond donors (Lipinski definition) is 3. The number of methoxy groups -OCH3 is 1. The Balaban J connectivity index is 0.00000101. The molecule has 68 heavy (non-hydrogen) atoms. The molecule has 0 aliphatic carbocycles.